The van der Waals surface area contributed by atoms with Gasteiger partial charge in [-0.3, -0.25) is 0 Å². The van der Waals surface area contributed by atoms with Gasteiger partial charge >= 0.3 is 0 Å². The molecular weight excluding hydrogens is 196 g/mol. The Morgan fingerprint density at radius 2 is 1.94 bits per heavy atom. The first kappa shape index (κ1) is 13.2. The highest BCUT2D eigenvalue weighted by molar-refractivity contribution is 5.15. The van der Waals surface area contributed by atoms with Crippen molar-refractivity contribution in [1.29, 1.82) is 0 Å². The van der Waals surface area contributed by atoms with Gasteiger partial charge in [-0.15, -0.1) is 0 Å². The summed E-state index contributed by atoms with van der Waals surface area (Å²) in [7, 11) is 2.01. The van der Waals surface area contributed by atoms with Gasteiger partial charge in [0.05, 0.1) is 0 Å². The lowest BCUT2D eigenvalue weighted by Gasteiger charge is -2.18. The predicted molar refractivity (Wildman–Crippen MR) is 70.8 cm³/mol. The van der Waals surface area contributed by atoms with E-state index in [-0.39, 0.29) is 0 Å². The smallest absolute Gasteiger partial charge is 0.0232 e. The first-order valence-electron chi connectivity index (χ1n) is 6.28. The van der Waals surface area contributed by atoms with Gasteiger partial charge in [-0.05, 0) is 32.0 Å². The van der Waals surface area contributed by atoms with Crippen LogP contribution in [0.3, 0.4) is 0 Å². The van der Waals surface area contributed by atoms with Gasteiger partial charge in [0.2, 0.25) is 0 Å². The maximum atomic E-state index is 3.61. The summed E-state index contributed by atoms with van der Waals surface area (Å²) < 4.78 is 0. The number of hydrogen-bond acceptors (Lipinski definition) is 2. The van der Waals surface area contributed by atoms with Crippen molar-refractivity contribution in [1.82, 2.24) is 10.6 Å². The second-order valence-electron chi connectivity index (χ2n) is 4.25. The van der Waals surface area contributed by atoms with Crippen molar-refractivity contribution in [2.24, 2.45) is 0 Å². The van der Waals surface area contributed by atoms with Crippen LogP contribution in [0.15, 0.2) is 30.3 Å². The third-order valence-corrected chi connectivity index (χ3v) is 2.74. The van der Waals surface area contributed by atoms with Crippen molar-refractivity contribution in [3.05, 3.63) is 35.9 Å². The molecule has 0 heterocycles. The first-order valence-corrected chi connectivity index (χ1v) is 6.28. The minimum Gasteiger partial charge on any atom is -0.318 e. The van der Waals surface area contributed by atoms with Crippen molar-refractivity contribution in [3.63, 3.8) is 0 Å². The predicted octanol–water partition coefficient (Wildman–Crippen LogP) is 2.21. The fourth-order valence-corrected chi connectivity index (χ4v) is 1.84. The van der Waals surface area contributed by atoms with Crippen LogP contribution < -0.4 is 10.6 Å². The van der Waals surface area contributed by atoms with Crippen LogP contribution in [-0.4, -0.2) is 26.2 Å². The fourth-order valence-electron chi connectivity index (χ4n) is 1.84. The molecule has 2 heteroatoms. The molecule has 90 valence electrons. The molecule has 1 aromatic rings. The maximum Gasteiger partial charge on any atom is 0.0232 e. The summed E-state index contributed by atoms with van der Waals surface area (Å²) >= 11 is 0. The van der Waals surface area contributed by atoms with Gasteiger partial charge in [0, 0.05) is 12.6 Å². The largest absolute Gasteiger partial charge is 0.318 e. The molecule has 0 saturated carbocycles. The molecular formula is C14H24N2. The van der Waals surface area contributed by atoms with Crippen molar-refractivity contribution in [2.75, 3.05) is 20.1 Å². The normalized spacial score (nSPS) is 12.6. The van der Waals surface area contributed by atoms with Crippen LogP contribution in [0.1, 0.15) is 25.3 Å². The zero-order chi connectivity index (χ0) is 11.6. The lowest BCUT2D eigenvalue weighted by Crippen LogP contribution is -2.39. The minimum absolute atomic E-state index is 0.541. The highest BCUT2D eigenvalue weighted by Crippen LogP contribution is 2.02. The Labute approximate surface area is 99.5 Å². The topological polar surface area (TPSA) is 24.1 Å². The summed E-state index contributed by atoms with van der Waals surface area (Å²) in [6.45, 7) is 4.38. The Morgan fingerprint density at radius 1 is 1.19 bits per heavy atom. The molecule has 0 bridgehead atoms. The molecule has 2 N–H and O–H groups in total. The van der Waals surface area contributed by atoms with Crippen LogP contribution in [-0.2, 0) is 6.42 Å². The second kappa shape index (κ2) is 8.31. The molecule has 0 amide bonds. The molecule has 1 atom stereocenters. The summed E-state index contributed by atoms with van der Waals surface area (Å²) in [4.78, 5) is 0. The van der Waals surface area contributed by atoms with E-state index in [0.717, 1.165) is 19.5 Å². The molecule has 0 spiro atoms. The Hall–Kier alpha value is -0.860. The van der Waals surface area contributed by atoms with Gasteiger partial charge in [-0.25, -0.2) is 0 Å². The summed E-state index contributed by atoms with van der Waals surface area (Å²) in [5, 5.41) is 6.86. The maximum absolute atomic E-state index is 3.61. The quantitative estimate of drug-likeness (QED) is 0.656. The van der Waals surface area contributed by atoms with Crippen LogP contribution in [0, 0.1) is 0 Å². The highest BCUT2D eigenvalue weighted by Gasteiger charge is 2.06. The molecule has 0 aromatic heterocycles. The summed E-state index contributed by atoms with van der Waals surface area (Å²) in [6.07, 6.45) is 3.62. The molecule has 0 saturated heterocycles. The average molecular weight is 220 g/mol. The third kappa shape index (κ3) is 5.29. The zero-order valence-electron chi connectivity index (χ0n) is 10.5. The average Bonchev–Trinajstić information content (AvgIpc) is 2.31. The molecule has 1 aromatic carbocycles. The van der Waals surface area contributed by atoms with E-state index in [2.05, 4.69) is 47.9 Å². The first-order chi connectivity index (χ1) is 7.86. The van der Waals surface area contributed by atoms with Crippen LogP contribution >= 0.6 is 0 Å². The fraction of sp³-hybridized carbons (Fsp3) is 0.571. The summed E-state index contributed by atoms with van der Waals surface area (Å²) in [6, 6.07) is 11.2. The molecule has 0 fully saturated rings. The van der Waals surface area contributed by atoms with E-state index in [4.69, 9.17) is 0 Å². The van der Waals surface area contributed by atoms with E-state index in [1.54, 1.807) is 0 Å². The van der Waals surface area contributed by atoms with Crippen molar-refractivity contribution < 1.29 is 0 Å². The number of hydrogen-bond donors (Lipinski definition) is 2. The Morgan fingerprint density at radius 3 is 2.56 bits per heavy atom. The van der Waals surface area contributed by atoms with Gasteiger partial charge < -0.3 is 10.6 Å². The summed E-state index contributed by atoms with van der Waals surface area (Å²) in [5.74, 6) is 0. The standard InChI is InChI=1S/C14H24N2/c1-3-4-10-16-14(12-15-2)11-13-8-6-5-7-9-13/h5-9,14-16H,3-4,10-12H2,1-2H3/t14-/m0/s1. The van der Waals surface area contributed by atoms with Crippen LogP contribution in [0.25, 0.3) is 0 Å². The Balaban J connectivity index is 2.38. The van der Waals surface area contributed by atoms with Gasteiger partial charge in [-0.1, -0.05) is 43.7 Å². The van der Waals surface area contributed by atoms with Crippen LogP contribution in [0.2, 0.25) is 0 Å². The SMILES string of the molecule is CCCCN[C@H](CNC)Cc1ccccc1. The Kier molecular flexibility index (Phi) is 6.86. The van der Waals surface area contributed by atoms with E-state index in [0.29, 0.717) is 6.04 Å². The van der Waals surface area contributed by atoms with Gasteiger partial charge in [-0.2, -0.15) is 0 Å². The van der Waals surface area contributed by atoms with Gasteiger partial charge in [0.25, 0.3) is 0 Å². The molecule has 0 aliphatic rings. The molecule has 16 heavy (non-hydrogen) atoms. The minimum atomic E-state index is 0.541. The van der Waals surface area contributed by atoms with Crippen molar-refractivity contribution in [3.8, 4) is 0 Å². The number of likely N-dealkylation sites (N-methyl/N-ethyl adjacent to an activating group) is 1. The van der Waals surface area contributed by atoms with E-state index < -0.39 is 0 Å². The molecule has 0 aliphatic heterocycles. The lowest BCUT2D eigenvalue weighted by molar-refractivity contribution is 0.480. The van der Waals surface area contributed by atoms with Crippen LogP contribution in [0.4, 0.5) is 0 Å². The third-order valence-electron chi connectivity index (χ3n) is 2.74. The highest BCUT2D eigenvalue weighted by atomic mass is 15.0. The summed E-state index contributed by atoms with van der Waals surface area (Å²) in [5.41, 5.74) is 1.41. The molecule has 2 nitrogen and oxygen atoms in total. The second-order valence-corrected chi connectivity index (χ2v) is 4.25. The molecule has 0 aliphatic carbocycles. The Bertz CT molecular complexity index is 259. The van der Waals surface area contributed by atoms with E-state index >= 15 is 0 Å². The molecule has 1 rings (SSSR count). The van der Waals surface area contributed by atoms with Crippen molar-refractivity contribution >= 4 is 0 Å². The number of unbranched alkanes of at least 4 members (excludes halogenated alkanes) is 1. The van der Waals surface area contributed by atoms with Crippen LogP contribution in [0.5, 0.6) is 0 Å². The van der Waals surface area contributed by atoms with E-state index in [9.17, 15) is 0 Å². The zero-order valence-corrected chi connectivity index (χ0v) is 10.5. The molecule has 0 radical (unpaired) electrons. The number of benzene rings is 1. The number of nitrogens with one attached hydrogen (secondary N) is 2. The van der Waals surface area contributed by atoms with Gasteiger partial charge in [0.1, 0.15) is 0 Å². The van der Waals surface area contributed by atoms with Gasteiger partial charge in [0.15, 0.2) is 0 Å². The number of rotatable bonds is 8. The van der Waals surface area contributed by atoms with E-state index in [1.165, 1.54) is 18.4 Å². The van der Waals surface area contributed by atoms with Crippen molar-refractivity contribution in [2.45, 2.75) is 32.2 Å². The lowest BCUT2D eigenvalue weighted by atomic mass is 10.1. The monoisotopic (exact) mass is 220 g/mol. The van der Waals surface area contributed by atoms with E-state index in [1.807, 2.05) is 7.05 Å². The molecule has 0 unspecified atom stereocenters.